The Balaban J connectivity index is 2.64. The van der Waals surface area contributed by atoms with Crippen molar-refractivity contribution in [2.45, 2.75) is 26.2 Å². The van der Waals surface area contributed by atoms with Gasteiger partial charge in [-0.05, 0) is 24.5 Å². The molecule has 0 amide bonds. The van der Waals surface area contributed by atoms with E-state index in [2.05, 4.69) is 4.98 Å². The molecule has 0 saturated heterocycles. The van der Waals surface area contributed by atoms with Crippen LogP contribution in [-0.2, 0) is 16.3 Å². The molecule has 17 heavy (non-hydrogen) atoms. The number of rotatable bonds is 6. The van der Waals surface area contributed by atoms with Crippen molar-refractivity contribution in [3.05, 3.63) is 29.6 Å². The van der Waals surface area contributed by atoms with Gasteiger partial charge in [0.15, 0.2) is 5.78 Å². The second kappa shape index (κ2) is 5.91. The number of Topliss-reactive ketones (excluding diaryl/α,β-unsaturated/α-hetero) is 1. The highest BCUT2D eigenvalue weighted by Gasteiger charge is 2.11. The van der Waals surface area contributed by atoms with Crippen LogP contribution in [-0.4, -0.2) is 31.2 Å². The van der Waals surface area contributed by atoms with Crippen LogP contribution in [0.2, 0.25) is 0 Å². The highest BCUT2D eigenvalue weighted by atomic mass is 32.2. The second-order valence-corrected chi connectivity index (χ2v) is 6.30. The number of hydrogen-bond donors (Lipinski definition) is 0. The molecular weight excluding hydrogens is 238 g/mol. The molecular formula is C12H17NO3S. The number of carbonyl (C=O) groups is 1. The van der Waals surface area contributed by atoms with Gasteiger partial charge in [0, 0.05) is 30.6 Å². The van der Waals surface area contributed by atoms with Gasteiger partial charge < -0.3 is 0 Å². The summed E-state index contributed by atoms with van der Waals surface area (Å²) in [6.07, 6.45) is 5.85. The lowest BCUT2D eigenvalue weighted by Gasteiger charge is -2.05. The van der Waals surface area contributed by atoms with E-state index in [4.69, 9.17) is 0 Å². The van der Waals surface area contributed by atoms with Gasteiger partial charge in [-0.15, -0.1) is 0 Å². The highest BCUT2D eigenvalue weighted by molar-refractivity contribution is 7.90. The first-order valence-corrected chi connectivity index (χ1v) is 7.64. The van der Waals surface area contributed by atoms with Crippen molar-refractivity contribution in [1.82, 2.24) is 4.98 Å². The molecule has 4 nitrogen and oxygen atoms in total. The van der Waals surface area contributed by atoms with Crippen molar-refractivity contribution in [3.8, 4) is 0 Å². The predicted octanol–water partition coefficient (Wildman–Crippen LogP) is 1.65. The maximum atomic E-state index is 11.9. The van der Waals surface area contributed by atoms with Crippen molar-refractivity contribution in [1.29, 1.82) is 0 Å². The Kier molecular flexibility index (Phi) is 4.81. The van der Waals surface area contributed by atoms with E-state index in [9.17, 15) is 13.2 Å². The Morgan fingerprint density at radius 1 is 1.41 bits per heavy atom. The number of ketones is 1. The first-order chi connectivity index (χ1) is 7.94. The zero-order valence-electron chi connectivity index (χ0n) is 10.1. The van der Waals surface area contributed by atoms with Crippen LogP contribution in [0.4, 0.5) is 0 Å². The molecule has 0 unspecified atom stereocenters. The fourth-order valence-electron chi connectivity index (χ4n) is 1.61. The molecule has 0 N–H and O–H groups in total. The summed E-state index contributed by atoms with van der Waals surface area (Å²) in [6, 6.07) is 1.70. The minimum absolute atomic E-state index is 0.00657. The lowest BCUT2D eigenvalue weighted by atomic mass is 10.0. The van der Waals surface area contributed by atoms with Crippen LogP contribution in [0.5, 0.6) is 0 Å². The van der Waals surface area contributed by atoms with Crippen molar-refractivity contribution >= 4 is 15.6 Å². The lowest BCUT2D eigenvalue weighted by Crippen LogP contribution is -2.08. The van der Waals surface area contributed by atoms with Gasteiger partial charge in [0.2, 0.25) is 0 Å². The molecule has 0 bridgehead atoms. The predicted molar refractivity (Wildman–Crippen MR) is 66.9 cm³/mol. The van der Waals surface area contributed by atoms with Gasteiger partial charge in [0.1, 0.15) is 9.84 Å². The molecule has 5 heteroatoms. The monoisotopic (exact) mass is 255 g/mol. The van der Waals surface area contributed by atoms with Gasteiger partial charge in [-0.3, -0.25) is 9.78 Å². The van der Waals surface area contributed by atoms with E-state index in [1.54, 1.807) is 18.5 Å². The van der Waals surface area contributed by atoms with Crippen molar-refractivity contribution in [2.24, 2.45) is 0 Å². The topological polar surface area (TPSA) is 64.1 Å². The number of carbonyl (C=O) groups excluding carboxylic acids is 1. The molecule has 0 aliphatic heterocycles. The molecule has 1 aromatic rings. The highest BCUT2D eigenvalue weighted by Crippen LogP contribution is 2.11. The molecule has 0 aliphatic rings. The number of hydrogen-bond acceptors (Lipinski definition) is 4. The number of aromatic nitrogens is 1. The van der Waals surface area contributed by atoms with E-state index in [1.165, 1.54) is 6.26 Å². The average molecular weight is 255 g/mol. The van der Waals surface area contributed by atoms with E-state index < -0.39 is 9.84 Å². The largest absolute Gasteiger partial charge is 0.294 e. The van der Waals surface area contributed by atoms with Crippen LogP contribution in [0, 0.1) is 0 Å². The third-order valence-corrected chi connectivity index (χ3v) is 3.53. The average Bonchev–Trinajstić information content (AvgIpc) is 2.27. The fourth-order valence-corrected chi connectivity index (χ4v) is 2.28. The first-order valence-electron chi connectivity index (χ1n) is 5.58. The van der Waals surface area contributed by atoms with Gasteiger partial charge in [0.05, 0.1) is 5.75 Å². The quantitative estimate of drug-likeness (QED) is 0.725. The Labute approximate surface area is 102 Å². The van der Waals surface area contributed by atoms with E-state index in [1.807, 2.05) is 6.92 Å². The van der Waals surface area contributed by atoms with E-state index in [-0.39, 0.29) is 18.0 Å². The maximum Gasteiger partial charge on any atom is 0.163 e. The Hall–Kier alpha value is -1.23. The molecule has 0 spiro atoms. The number of aryl methyl sites for hydroxylation is 1. The molecule has 0 saturated carbocycles. The third-order valence-electron chi connectivity index (χ3n) is 2.50. The van der Waals surface area contributed by atoms with Crippen molar-refractivity contribution in [3.63, 3.8) is 0 Å². The van der Waals surface area contributed by atoms with Crippen LogP contribution in [0.15, 0.2) is 18.5 Å². The second-order valence-electron chi connectivity index (χ2n) is 4.04. The summed E-state index contributed by atoms with van der Waals surface area (Å²) in [4.78, 5) is 15.9. The molecule has 0 fully saturated rings. The summed E-state index contributed by atoms with van der Waals surface area (Å²) in [7, 11) is -2.98. The summed E-state index contributed by atoms with van der Waals surface area (Å²) in [6.45, 7) is 1.96. The summed E-state index contributed by atoms with van der Waals surface area (Å²) in [5, 5.41) is 0. The van der Waals surface area contributed by atoms with Gasteiger partial charge >= 0.3 is 0 Å². The van der Waals surface area contributed by atoms with Crippen LogP contribution < -0.4 is 0 Å². The molecule has 0 radical (unpaired) electrons. The molecule has 1 rings (SSSR count). The summed E-state index contributed by atoms with van der Waals surface area (Å²) < 4.78 is 21.9. The molecule has 1 aromatic heterocycles. The van der Waals surface area contributed by atoms with E-state index in [0.29, 0.717) is 12.0 Å². The maximum absolute atomic E-state index is 11.9. The van der Waals surface area contributed by atoms with Gasteiger partial charge in [-0.25, -0.2) is 8.42 Å². The number of pyridine rings is 1. The van der Waals surface area contributed by atoms with Gasteiger partial charge in [-0.2, -0.15) is 0 Å². The lowest BCUT2D eigenvalue weighted by molar-refractivity contribution is 0.0981. The smallest absolute Gasteiger partial charge is 0.163 e. The Bertz CT molecular complexity index is 494. The molecule has 0 atom stereocenters. The molecule has 0 aromatic carbocycles. The fraction of sp³-hybridized carbons (Fsp3) is 0.500. The SMILES string of the molecule is CCc1cnccc1C(=O)CCCS(C)(=O)=O. The van der Waals surface area contributed by atoms with Gasteiger partial charge in [-0.1, -0.05) is 6.92 Å². The van der Waals surface area contributed by atoms with Crippen LogP contribution in [0.3, 0.4) is 0 Å². The van der Waals surface area contributed by atoms with Crippen LogP contribution in [0.1, 0.15) is 35.7 Å². The summed E-state index contributed by atoms with van der Waals surface area (Å²) >= 11 is 0. The summed E-state index contributed by atoms with van der Waals surface area (Å²) in [5.41, 5.74) is 1.58. The number of sulfone groups is 1. The van der Waals surface area contributed by atoms with E-state index in [0.717, 1.165) is 12.0 Å². The number of nitrogens with zero attached hydrogens (tertiary/aromatic N) is 1. The summed E-state index contributed by atoms with van der Waals surface area (Å²) in [5.74, 6) is 0.0542. The first kappa shape index (κ1) is 13.8. The molecule has 94 valence electrons. The van der Waals surface area contributed by atoms with Crippen molar-refractivity contribution < 1.29 is 13.2 Å². The normalized spacial score (nSPS) is 11.4. The molecule has 0 aliphatic carbocycles. The third kappa shape index (κ3) is 4.65. The van der Waals surface area contributed by atoms with Crippen LogP contribution in [0.25, 0.3) is 0 Å². The standard InChI is InChI=1S/C12H17NO3S/c1-3-10-9-13-7-6-11(10)12(14)5-4-8-17(2,15)16/h6-7,9H,3-5,8H2,1-2H3. The van der Waals surface area contributed by atoms with Crippen LogP contribution >= 0.6 is 0 Å². The Morgan fingerprint density at radius 3 is 2.71 bits per heavy atom. The Morgan fingerprint density at radius 2 is 2.12 bits per heavy atom. The van der Waals surface area contributed by atoms with Crippen molar-refractivity contribution in [2.75, 3.05) is 12.0 Å². The van der Waals surface area contributed by atoms with Gasteiger partial charge in [0.25, 0.3) is 0 Å². The zero-order valence-corrected chi connectivity index (χ0v) is 11.0. The zero-order chi connectivity index (χ0) is 12.9. The minimum Gasteiger partial charge on any atom is -0.294 e. The van der Waals surface area contributed by atoms with E-state index >= 15 is 0 Å². The molecule has 1 heterocycles. The minimum atomic E-state index is -2.98.